The molecule has 3 heteroatoms. The molecule has 1 fully saturated rings. The number of hydrogen-bond donors (Lipinski definition) is 0. The topological polar surface area (TPSA) is 43.4 Å². The fourth-order valence-corrected chi connectivity index (χ4v) is 2.49. The number of hydrogen-bond acceptors (Lipinski definition) is 3. The highest BCUT2D eigenvalue weighted by atomic mass is 16.6. The molecule has 1 aliphatic carbocycles. The third-order valence-corrected chi connectivity index (χ3v) is 3.57. The summed E-state index contributed by atoms with van der Waals surface area (Å²) in [6, 6.07) is 0. The maximum absolute atomic E-state index is 11.6. The van der Waals surface area contributed by atoms with Crippen molar-refractivity contribution in [2.75, 3.05) is 0 Å². The van der Waals surface area contributed by atoms with Crippen molar-refractivity contribution in [3.63, 3.8) is 0 Å². The molecule has 0 aromatic carbocycles. The summed E-state index contributed by atoms with van der Waals surface area (Å²) in [7, 11) is 0. The SMILES string of the molecule is O=C1CC(C2=CC=CC=CCCCCCC2)C(=O)O1. The predicted octanol–water partition coefficient (Wildman–Crippen LogP) is 3.47. The molecular weight excluding hydrogens is 240 g/mol. The lowest BCUT2D eigenvalue weighted by Crippen LogP contribution is -2.10. The smallest absolute Gasteiger partial charge is 0.321 e. The van der Waals surface area contributed by atoms with Gasteiger partial charge in [-0.1, -0.05) is 48.8 Å². The van der Waals surface area contributed by atoms with E-state index in [4.69, 9.17) is 0 Å². The Labute approximate surface area is 114 Å². The monoisotopic (exact) mass is 260 g/mol. The van der Waals surface area contributed by atoms with Gasteiger partial charge in [-0.05, 0) is 25.7 Å². The van der Waals surface area contributed by atoms with Gasteiger partial charge in [-0.2, -0.15) is 0 Å². The molecule has 1 saturated heterocycles. The van der Waals surface area contributed by atoms with Crippen molar-refractivity contribution in [2.24, 2.45) is 5.92 Å². The zero-order valence-electron chi connectivity index (χ0n) is 11.1. The van der Waals surface area contributed by atoms with Crippen molar-refractivity contribution in [3.8, 4) is 0 Å². The molecule has 0 N–H and O–H groups in total. The third-order valence-electron chi connectivity index (χ3n) is 3.57. The van der Waals surface area contributed by atoms with Gasteiger partial charge in [0, 0.05) is 0 Å². The van der Waals surface area contributed by atoms with Gasteiger partial charge in [-0.3, -0.25) is 9.59 Å². The van der Waals surface area contributed by atoms with E-state index in [0.717, 1.165) is 24.8 Å². The minimum atomic E-state index is -0.397. The first-order valence-corrected chi connectivity index (χ1v) is 7.04. The van der Waals surface area contributed by atoms with Gasteiger partial charge < -0.3 is 4.74 Å². The Morgan fingerprint density at radius 3 is 2.63 bits per heavy atom. The van der Waals surface area contributed by atoms with Gasteiger partial charge in [-0.25, -0.2) is 0 Å². The third kappa shape index (κ3) is 4.19. The Morgan fingerprint density at radius 1 is 1.00 bits per heavy atom. The number of cyclic esters (lactones) is 2. The maximum atomic E-state index is 11.6. The standard InChI is InChI=1S/C16H20O3/c17-15-12-14(16(18)19-15)13-10-8-6-4-2-1-3-5-7-9-11-13/h2,4,6,8,10,14H,1,3,5,7,9,11-12H2. The van der Waals surface area contributed by atoms with Gasteiger partial charge in [0.2, 0.25) is 0 Å². The molecule has 19 heavy (non-hydrogen) atoms. The second-order valence-corrected chi connectivity index (χ2v) is 5.06. The van der Waals surface area contributed by atoms with Gasteiger partial charge >= 0.3 is 11.9 Å². The van der Waals surface area contributed by atoms with Gasteiger partial charge in [0.15, 0.2) is 0 Å². The minimum Gasteiger partial charge on any atom is -0.393 e. The van der Waals surface area contributed by atoms with Crippen LogP contribution in [0.4, 0.5) is 0 Å². The molecular formula is C16H20O3. The highest BCUT2D eigenvalue weighted by molar-refractivity contribution is 5.96. The first-order chi connectivity index (χ1) is 9.27. The summed E-state index contributed by atoms with van der Waals surface area (Å²) in [5, 5.41) is 0. The highest BCUT2D eigenvalue weighted by Gasteiger charge is 2.35. The molecule has 1 atom stereocenters. The molecule has 1 aliphatic heterocycles. The van der Waals surface area contributed by atoms with E-state index in [1.54, 1.807) is 0 Å². The van der Waals surface area contributed by atoms with Gasteiger partial charge in [0.25, 0.3) is 0 Å². The Bertz CT molecular complexity index is 429. The molecule has 0 aromatic heterocycles. The molecule has 0 bridgehead atoms. The van der Waals surface area contributed by atoms with E-state index in [2.05, 4.69) is 10.8 Å². The number of esters is 2. The second-order valence-electron chi connectivity index (χ2n) is 5.06. The fraction of sp³-hybridized carbons (Fsp3) is 0.500. The Balaban J connectivity index is 2.09. The molecule has 0 radical (unpaired) electrons. The summed E-state index contributed by atoms with van der Waals surface area (Å²) in [5.74, 6) is -1.14. The maximum Gasteiger partial charge on any atom is 0.321 e. The van der Waals surface area contributed by atoms with Crippen LogP contribution in [0.1, 0.15) is 44.9 Å². The van der Waals surface area contributed by atoms with Gasteiger partial charge in [0.05, 0.1) is 12.3 Å². The Hall–Kier alpha value is -1.64. The lowest BCUT2D eigenvalue weighted by Gasteiger charge is -2.10. The molecule has 102 valence electrons. The fourth-order valence-electron chi connectivity index (χ4n) is 2.49. The van der Waals surface area contributed by atoms with Crippen LogP contribution in [-0.4, -0.2) is 11.9 Å². The zero-order valence-corrected chi connectivity index (χ0v) is 11.1. The van der Waals surface area contributed by atoms with Crippen LogP contribution < -0.4 is 0 Å². The summed E-state index contributed by atoms with van der Waals surface area (Å²) in [6.45, 7) is 0. The molecule has 0 aromatic rings. The normalized spacial score (nSPS) is 25.5. The average Bonchev–Trinajstić information content (AvgIpc) is 2.69. The van der Waals surface area contributed by atoms with Crippen molar-refractivity contribution >= 4 is 11.9 Å². The molecule has 0 amide bonds. The molecule has 1 unspecified atom stereocenters. The number of allylic oxidation sites excluding steroid dienone is 5. The second kappa shape index (κ2) is 7.07. The van der Waals surface area contributed by atoms with E-state index < -0.39 is 5.97 Å². The lowest BCUT2D eigenvalue weighted by molar-refractivity contribution is -0.152. The lowest BCUT2D eigenvalue weighted by atomic mass is 9.92. The summed E-state index contributed by atoms with van der Waals surface area (Å²) >= 11 is 0. The summed E-state index contributed by atoms with van der Waals surface area (Å²) in [6.07, 6.45) is 17.0. The van der Waals surface area contributed by atoms with E-state index in [0.29, 0.717) is 0 Å². The van der Waals surface area contributed by atoms with Crippen LogP contribution in [0.2, 0.25) is 0 Å². The van der Waals surface area contributed by atoms with E-state index in [1.165, 1.54) is 19.3 Å². The number of carbonyl (C=O) groups excluding carboxylic acids is 2. The van der Waals surface area contributed by atoms with Crippen LogP contribution in [0, 0.1) is 5.92 Å². The van der Waals surface area contributed by atoms with Gasteiger partial charge in [-0.15, -0.1) is 0 Å². The van der Waals surface area contributed by atoms with E-state index in [9.17, 15) is 9.59 Å². The van der Waals surface area contributed by atoms with Gasteiger partial charge in [0.1, 0.15) is 0 Å². The van der Waals surface area contributed by atoms with Crippen LogP contribution in [0.25, 0.3) is 0 Å². The average molecular weight is 260 g/mol. The Kier molecular flexibility index (Phi) is 5.13. The van der Waals surface area contributed by atoms with E-state index in [1.807, 2.05) is 24.3 Å². The van der Waals surface area contributed by atoms with E-state index >= 15 is 0 Å². The van der Waals surface area contributed by atoms with Crippen LogP contribution in [0.15, 0.2) is 36.0 Å². The van der Waals surface area contributed by atoms with Crippen LogP contribution in [0.3, 0.4) is 0 Å². The van der Waals surface area contributed by atoms with Crippen LogP contribution in [0.5, 0.6) is 0 Å². The summed E-state index contributed by atoms with van der Waals surface area (Å²) < 4.78 is 4.64. The number of ether oxygens (including phenoxy) is 1. The van der Waals surface area contributed by atoms with E-state index in [-0.39, 0.29) is 18.3 Å². The molecule has 3 nitrogen and oxygen atoms in total. The van der Waals surface area contributed by atoms with Crippen LogP contribution in [-0.2, 0) is 14.3 Å². The first-order valence-electron chi connectivity index (χ1n) is 7.04. The zero-order chi connectivity index (χ0) is 13.5. The van der Waals surface area contributed by atoms with Crippen molar-refractivity contribution in [3.05, 3.63) is 36.0 Å². The molecule has 0 spiro atoms. The summed E-state index contributed by atoms with van der Waals surface area (Å²) in [5.41, 5.74) is 1.03. The predicted molar refractivity (Wildman–Crippen MR) is 73.3 cm³/mol. The number of carbonyl (C=O) groups is 2. The van der Waals surface area contributed by atoms with Crippen molar-refractivity contribution in [2.45, 2.75) is 44.9 Å². The Morgan fingerprint density at radius 2 is 1.84 bits per heavy atom. The molecule has 2 rings (SSSR count). The van der Waals surface area contributed by atoms with Crippen molar-refractivity contribution < 1.29 is 14.3 Å². The highest BCUT2D eigenvalue weighted by Crippen LogP contribution is 2.28. The molecule has 0 saturated carbocycles. The first kappa shape index (κ1) is 13.8. The number of rotatable bonds is 1. The van der Waals surface area contributed by atoms with Crippen molar-refractivity contribution in [1.29, 1.82) is 0 Å². The minimum absolute atomic E-state index is 0.203. The quantitative estimate of drug-likeness (QED) is 0.535. The molecule has 1 heterocycles. The molecule has 2 aliphatic rings. The summed E-state index contributed by atoms with van der Waals surface area (Å²) in [4.78, 5) is 22.8. The van der Waals surface area contributed by atoms with Crippen LogP contribution >= 0.6 is 0 Å². The largest absolute Gasteiger partial charge is 0.393 e. The van der Waals surface area contributed by atoms with Crippen molar-refractivity contribution in [1.82, 2.24) is 0 Å².